The lowest BCUT2D eigenvalue weighted by molar-refractivity contribution is 0.610. The average Bonchev–Trinajstić information content (AvgIpc) is 2.76. The molecule has 0 bridgehead atoms. The molecule has 0 atom stereocenters. The molecule has 0 saturated carbocycles. The lowest BCUT2D eigenvalue weighted by Gasteiger charge is -2.07. The molecule has 0 aliphatic rings. The Balaban J connectivity index is 2.79. The summed E-state index contributed by atoms with van der Waals surface area (Å²) in [7, 11) is 3.31. The van der Waals surface area contributed by atoms with Gasteiger partial charge in [0.25, 0.3) is 5.56 Å². The fraction of sp³-hybridized carbons (Fsp3) is 0.615. The van der Waals surface area contributed by atoms with Crippen LogP contribution < -0.4 is 17.0 Å². The zero-order chi connectivity index (χ0) is 14.9. The Morgan fingerprint density at radius 3 is 2.50 bits per heavy atom. The maximum Gasteiger partial charge on any atom is 0.332 e. The molecule has 2 rings (SSSR count). The van der Waals surface area contributed by atoms with Gasteiger partial charge in [-0.05, 0) is 19.4 Å². The van der Waals surface area contributed by atoms with Gasteiger partial charge in [-0.1, -0.05) is 6.92 Å². The van der Waals surface area contributed by atoms with E-state index in [0.717, 1.165) is 23.2 Å². The fourth-order valence-corrected chi connectivity index (χ4v) is 2.38. The molecule has 0 saturated heterocycles. The van der Waals surface area contributed by atoms with Gasteiger partial charge in [-0.15, -0.1) is 0 Å². The Morgan fingerprint density at radius 1 is 1.20 bits per heavy atom. The monoisotopic (exact) mass is 279 g/mol. The largest absolute Gasteiger partial charge is 0.332 e. The van der Waals surface area contributed by atoms with Gasteiger partial charge in [-0.25, -0.2) is 9.78 Å². The van der Waals surface area contributed by atoms with E-state index in [1.165, 1.54) is 7.05 Å². The predicted octanol–water partition coefficient (Wildman–Crippen LogP) is -0.265. The second-order valence-corrected chi connectivity index (χ2v) is 4.95. The molecule has 0 spiro atoms. The van der Waals surface area contributed by atoms with E-state index < -0.39 is 0 Å². The molecule has 0 amide bonds. The van der Waals surface area contributed by atoms with E-state index in [4.69, 9.17) is 5.73 Å². The van der Waals surface area contributed by atoms with Crippen LogP contribution in [0.1, 0.15) is 25.6 Å². The molecular weight excluding hydrogens is 258 g/mol. The van der Waals surface area contributed by atoms with E-state index in [1.54, 1.807) is 9.13 Å². The molecule has 2 aromatic rings. The third-order valence-corrected chi connectivity index (χ3v) is 3.50. The standard InChI is InChI=1S/C13H21N5O2/c1-4-8-18-11-10(12(19)17(3)13(18)20)16(2)9(15-11)6-5-7-14/h4-8,14H2,1-3H3. The fourth-order valence-electron chi connectivity index (χ4n) is 2.38. The third kappa shape index (κ3) is 2.18. The number of rotatable bonds is 5. The Bertz CT molecular complexity index is 738. The molecule has 20 heavy (non-hydrogen) atoms. The van der Waals surface area contributed by atoms with E-state index in [-0.39, 0.29) is 11.2 Å². The first kappa shape index (κ1) is 14.5. The first-order valence-corrected chi connectivity index (χ1v) is 6.88. The van der Waals surface area contributed by atoms with Gasteiger partial charge in [-0.3, -0.25) is 13.9 Å². The van der Waals surface area contributed by atoms with Crippen LogP contribution in [0.4, 0.5) is 0 Å². The van der Waals surface area contributed by atoms with Crippen molar-refractivity contribution in [3.05, 3.63) is 26.7 Å². The summed E-state index contributed by atoms with van der Waals surface area (Å²) in [6, 6.07) is 0. The summed E-state index contributed by atoms with van der Waals surface area (Å²) in [5.41, 5.74) is 5.87. The summed E-state index contributed by atoms with van der Waals surface area (Å²) in [4.78, 5) is 29.0. The van der Waals surface area contributed by atoms with Crippen LogP contribution in [0, 0.1) is 0 Å². The normalized spacial score (nSPS) is 11.4. The summed E-state index contributed by atoms with van der Waals surface area (Å²) < 4.78 is 4.49. The summed E-state index contributed by atoms with van der Waals surface area (Å²) in [5.74, 6) is 0.790. The van der Waals surface area contributed by atoms with Crippen molar-refractivity contribution in [1.29, 1.82) is 0 Å². The highest BCUT2D eigenvalue weighted by Crippen LogP contribution is 2.11. The van der Waals surface area contributed by atoms with E-state index in [9.17, 15) is 9.59 Å². The topological polar surface area (TPSA) is 87.8 Å². The van der Waals surface area contributed by atoms with Crippen molar-refractivity contribution in [1.82, 2.24) is 18.7 Å². The lowest BCUT2D eigenvalue weighted by atomic mass is 10.3. The molecule has 7 heteroatoms. The molecule has 0 aromatic carbocycles. The molecule has 0 unspecified atom stereocenters. The number of imidazole rings is 1. The van der Waals surface area contributed by atoms with Crippen LogP contribution in [0.2, 0.25) is 0 Å². The van der Waals surface area contributed by atoms with Gasteiger partial charge < -0.3 is 10.3 Å². The maximum atomic E-state index is 12.3. The van der Waals surface area contributed by atoms with Crippen LogP contribution in [0.5, 0.6) is 0 Å². The van der Waals surface area contributed by atoms with Gasteiger partial charge in [0.1, 0.15) is 5.82 Å². The van der Waals surface area contributed by atoms with E-state index >= 15 is 0 Å². The highest BCUT2D eigenvalue weighted by atomic mass is 16.2. The Labute approximate surface area is 116 Å². The molecule has 7 nitrogen and oxygen atoms in total. The first-order chi connectivity index (χ1) is 9.52. The van der Waals surface area contributed by atoms with Gasteiger partial charge in [0.2, 0.25) is 0 Å². The van der Waals surface area contributed by atoms with Crippen molar-refractivity contribution in [2.24, 2.45) is 19.8 Å². The number of fused-ring (bicyclic) bond motifs is 1. The van der Waals surface area contributed by atoms with Crippen LogP contribution in [-0.4, -0.2) is 25.2 Å². The minimum absolute atomic E-state index is 0.300. The number of hydrogen-bond acceptors (Lipinski definition) is 4. The second kappa shape index (κ2) is 5.62. The Kier molecular flexibility index (Phi) is 4.08. The molecule has 2 heterocycles. The number of hydrogen-bond donors (Lipinski definition) is 1. The van der Waals surface area contributed by atoms with Crippen molar-refractivity contribution in [3.8, 4) is 0 Å². The third-order valence-electron chi connectivity index (χ3n) is 3.50. The molecule has 0 fully saturated rings. The zero-order valence-electron chi connectivity index (χ0n) is 12.2. The molecule has 110 valence electrons. The first-order valence-electron chi connectivity index (χ1n) is 6.88. The highest BCUT2D eigenvalue weighted by Gasteiger charge is 2.17. The molecule has 0 radical (unpaired) electrons. The summed E-state index contributed by atoms with van der Waals surface area (Å²) in [5, 5.41) is 0. The quantitative estimate of drug-likeness (QED) is 0.816. The van der Waals surface area contributed by atoms with Crippen LogP contribution in [0.3, 0.4) is 0 Å². The maximum absolute atomic E-state index is 12.3. The molecule has 0 aliphatic carbocycles. The zero-order valence-corrected chi connectivity index (χ0v) is 12.2. The van der Waals surface area contributed by atoms with Crippen LogP contribution in [0.15, 0.2) is 9.59 Å². The molecule has 0 aliphatic heterocycles. The second-order valence-electron chi connectivity index (χ2n) is 4.95. The summed E-state index contributed by atoms with van der Waals surface area (Å²) in [6.45, 7) is 3.11. The smallest absolute Gasteiger partial charge is 0.330 e. The van der Waals surface area contributed by atoms with E-state index in [0.29, 0.717) is 30.7 Å². The van der Waals surface area contributed by atoms with Gasteiger partial charge >= 0.3 is 5.69 Å². The van der Waals surface area contributed by atoms with Crippen molar-refractivity contribution in [2.45, 2.75) is 32.7 Å². The number of nitrogens with zero attached hydrogens (tertiary/aromatic N) is 4. The highest BCUT2D eigenvalue weighted by molar-refractivity contribution is 5.71. The molecular formula is C13H21N5O2. The molecule has 2 aromatic heterocycles. The minimum Gasteiger partial charge on any atom is -0.330 e. The van der Waals surface area contributed by atoms with Gasteiger partial charge in [0.15, 0.2) is 11.2 Å². The lowest BCUT2D eigenvalue weighted by Crippen LogP contribution is -2.38. The van der Waals surface area contributed by atoms with E-state index in [2.05, 4.69) is 4.98 Å². The van der Waals surface area contributed by atoms with Gasteiger partial charge in [-0.2, -0.15) is 0 Å². The van der Waals surface area contributed by atoms with Crippen molar-refractivity contribution >= 4 is 11.2 Å². The molecule has 2 N–H and O–H groups in total. The number of aromatic nitrogens is 4. The Hall–Kier alpha value is -1.89. The van der Waals surface area contributed by atoms with Crippen molar-refractivity contribution in [2.75, 3.05) is 6.54 Å². The van der Waals surface area contributed by atoms with Crippen LogP contribution in [0.25, 0.3) is 11.2 Å². The number of aryl methyl sites for hydroxylation is 3. The van der Waals surface area contributed by atoms with Crippen molar-refractivity contribution < 1.29 is 0 Å². The minimum atomic E-state index is -0.312. The SMILES string of the molecule is CCCn1c(=O)n(C)c(=O)c2c1nc(CCCN)n2C. The van der Waals surface area contributed by atoms with Crippen LogP contribution >= 0.6 is 0 Å². The van der Waals surface area contributed by atoms with Gasteiger partial charge in [0.05, 0.1) is 0 Å². The van der Waals surface area contributed by atoms with Gasteiger partial charge in [0, 0.05) is 27.1 Å². The number of nitrogens with two attached hydrogens (primary N) is 1. The van der Waals surface area contributed by atoms with Crippen molar-refractivity contribution in [3.63, 3.8) is 0 Å². The van der Waals surface area contributed by atoms with E-state index in [1.807, 2.05) is 14.0 Å². The predicted molar refractivity (Wildman–Crippen MR) is 77.9 cm³/mol. The Morgan fingerprint density at radius 2 is 1.90 bits per heavy atom. The average molecular weight is 279 g/mol. The van der Waals surface area contributed by atoms with Crippen LogP contribution in [-0.2, 0) is 27.1 Å². The summed E-state index contributed by atoms with van der Waals surface area (Å²) in [6.07, 6.45) is 2.31. The summed E-state index contributed by atoms with van der Waals surface area (Å²) >= 11 is 0.